The molecule has 0 saturated heterocycles. The highest BCUT2D eigenvalue weighted by Crippen LogP contribution is 2.24. The van der Waals surface area contributed by atoms with E-state index < -0.39 is 11.7 Å². The van der Waals surface area contributed by atoms with Gasteiger partial charge in [0, 0.05) is 5.56 Å². The molecule has 0 saturated carbocycles. The minimum Gasteiger partial charge on any atom is -0.464 e. The molecule has 0 unspecified atom stereocenters. The molecule has 0 aliphatic carbocycles. The van der Waals surface area contributed by atoms with E-state index in [2.05, 4.69) is 4.98 Å². The summed E-state index contributed by atoms with van der Waals surface area (Å²) in [6.07, 6.45) is 2.67. The van der Waals surface area contributed by atoms with Gasteiger partial charge in [0.05, 0.1) is 17.3 Å². The number of hydrogen-bond acceptors (Lipinski definition) is 4. The molecule has 0 radical (unpaired) electrons. The van der Waals surface area contributed by atoms with Crippen LogP contribution in [0.2, 0.25) is 0 Å². The minimum absolute atomic E-state index is 0.434. The minimum atomic E-state index is -0.540. The van der Waals surface area contributed by atoms with E-state index in [0.717, 1.165) is 16.8 Å². The van der Waals surface area contributed by atoms with Gasteiger partial charge in [0.15, 0.2) is 0 Å². The fourth-order valence-corrected chi connectivity index (χ4v) is 2.07. The smallest absolute Gasteiger partial charge is 0.420 e. The summed E-state index contributed by atoms with van der Waals surface area (Å²) in [7, 11) is 0. The third kappa shape index (κ3) is 2.67. The van der Waals surface area contributed by atoms with E-state index in [-0.39, 0.29) is 0 Å². The number of furan rings is 1. The van der Waals surface area contributed by atoms with Crippen molar-refractivity contribution in [2.24, 2.45) is 0 Å². The van der Waals surface area contributed by atoms with E-state index >= 15 is 0 Å². The largest absolute Gasteiger partial charge is 0.464 e. The van der Waals surface area contributed by atoms with E-state index in [1.165, 1.54) is 10.9 Å². The second-order valence-electron chi connectivity index (χ2n) is 5.78. The van der Waals surface area contributed by atoms with Crippen molar-refractivity contribution >= 4 is 17.1 Å². The quantitative estimate of drug-likeness (QED) is 0.675. The highest BCUT2D eigenvalue weighted by atomic mass is 16.6. The summed E-state index contributed by atoms with van der Waals surface area (Å²) in [4.78, 5) is 16.4. The van der Waals surface area contributed by atoms with Crippen molar-refractivity contribution in [2.45, 2.75) is 26.4 Å². The van der Waals surface area contributed by atoms with Gasteiger partial charge >= 0.3 is 6.09 Å². The number of imidazole rings is 1. The summed E-state index contributed by atoms with van der Waals surface area (Å²) >= 11 is 0. The van der Waals surface area contributed by atoms with Crippen LogP contribution in [-0.4, -0.2) is 21.2 Å². The number of fused-ring (bicyclic) bond motifs is 1. The van der Waals surface area contributed by atoms with Crippen molar-refractivity contribution in [3.8, 4) is 11.3 Å². The Morgan fingerprint density at radius 3 is 2.76 bits per heavy atom. The van der Waals surface area contributed by atoms with Gasteiger partial charge in [0.25, 0.3) is 0 Å². The third-order valence-corrected chi connectivity index (χ3v) is 2.94. The molecule has 3 rings (SSSR count). The molecule has 21 heavy (non-hydrogen) atoms. The molecule has 0 bridgehead atoms. The number of rotatable bonds is 1. The van der Waals surface area contributed by atoms with Gasteiger partial charge in [-0.1, -0.05) is 0 Å². The van der Waals surface area contributed by atoms with Crippen LogP contribution in [0.3, 0.4) is 0 Å². The van der Waals surface area contributed by atoms with Crippen LogP contribution in [0.5, 0.6) is 0 Å². The second kappa shape index (κ2) is 4.77. The van der Waals surface area contributed by atoms with Gasteiger partial charge in [0.2, 0.25) is 0 Å². The Labute approximate surface area is 122 Å². The normalized spacial score (nSPS) is 11.8. The predicted octanol–water partition coefficient (Wildman–Crippen LogP) is 4.08. The second-order valence-corrected chi connectivity index (χ2v) is 5.78. The van der Waals surface area contributed by atoms with Gasteiger partial charge in [-0.2, -0.15) is 0 Å². The van der Waals surface area contributed by atoms with Crippen LogP contribution in [0.25, 0.3) is 22.4 Å². The van der Waals surface area contributed by atoms with Crippen LogP contribution < -0.4 is 0 Å². The van der Waals surface area contributed by atoms with Crippen LogP contribution in [-0.2, 0) is 4.74 Å². The van der Waals surface area contributed by atoms with Gasteiger partial charge in [-0.3, -0.25) is 0 Å². The molecular formula is C16H16N2O3. The summed E-state index contributed by atoms with van der Waals surface area (Å²) in [5.74, 6) is 0.767. The van der Waals surface area contributed by atoms with Crippen molar-refractivity contribution in [2.75, 3.05) is 0 Å². The predicted molar refractivity (Wildman–Crippen MR) is 79.1 cm³/mol. The maximum Gasteiger partial charge on any atom is 0.420 e. The summed E-state index contributed by atoms with van der Waals surface area (Å²) in [5, 5.41) is 0. The van der Waals surface area contributed by atoms with Crippen molar-refractivity contribution < 1.29 is 13.9 Å². The monoisotopic (exact) mass is 284 g/mol. The zero-order chi connectivity index (χ0) is 15.0. The van der Waals surface area contributed by atoms with Crippen LogP contribution >= 0.6 is 0 Å². The van der Waals surface area contributed by atoms with Crippen LogP contribution in [0.15, 0.2) is 47.3 Å². The number of carbonyl (C=O) groups excluding carboxylic acids is 1. The lowest BCUT2D eigenvalue weighted by atomic mass is 10.1. The summed E-state index contributed by atoms with van der Waals surface area (Å²) < 4.78 is 12.1. The topological polar surface area (TPSA) is 57.3 Å². The highest BCUT2D eigenvalue weighted by Gasteiger charge is 2.19. The van der Waals surface area contributed by atoms with E-state index in [0.29, 0.717) is 5.52 Å². The lowest BCUT2D eigenvalue weighted by Crippen LogP contribution is -2.26. The first-order valence-electron chi connectivity index (χ1n) is 6.68. The molecule has 0 amide bonds. The number of aromatic nitrogens is 2. The molecule has 0 aliphatic heterocycles. The molecular weight excluding hydrogens is 268 g/mol. The average Bonchev–Trinajstić information content (AvgIpc) is 3.05. The summed E-state index contributed by atoms with van der Waals surface area (Å²) in [6, 6.07) is 9.33. The van der Waals surface area contributed by atoms with Gasteiger partial charge in [-0.15, -0.1) is 0 Å². The molecule has 2 aromatic heterocycles. The molecule has 2 heterocycles. The maximum absolute atomic E-state index is 12.1. The lowest BCUT2D eigenvalue weighted by Gasteiger charge is -2.19. The zero-order valence-electron chi connectivity index (χ0n) is 12.2. The first-order valence-corrected chi connectivity index (χ1v) is 6.68. The summed E-state index contributed by atoms with van der Waals surface area (Å²) in [6.45, 7) is 5.50. The number of nitrogens with zero attached hydrogens (tertiary/aromatic N) is 2. The zero-order valence-corrected chi connectivity index (χ0v) is 12.2. The standard InChI is InChI=1S/C16H16N2O3/c1-16(2,3)21-15(19)18-10-17-12-9-11(6-7-13(12)18)14-5-4-8-20-14/h4-10H,1-3H3. The Kier molecular flexibility index (Phi) is 3.05. The first kappa shape index (κ1) is 13.4. The Morgan fingerprint density at radius 1 is 1.29 bits per heavy atom. The molecule has 0 aliphatic rings. The number of benzene rings is 1. The maximum atomic E-state index is 12.1. The molecule has 0 N–H and O–H groups in total. The van der Waals surface area contributed by atoms with Gasteiger partial charge in [0.1, 0.15) is 17.7 Å². The van der Waals surface area contributed by atoms with Crippen LogP contribution in [0, 0.1) is 0 Å². The Balaban J connectivity index is 1.98. The molecule has 0 atom stereocenters. The van der Waals surface area contributed by atoms with E-state index in [1.807, 2.05) is 51.1 Å². The number of carbonyl (C=O) groups is 1. The van der Waals surface area contributed by atoms with Gasteiger partial charge in [-0.05, 0) is 51.1 Å². The Hall–Kier alpha value is -2.56. The average molecular weight is 284 g/mol. The molecule has 5 nitrogen and oxygen atoms in total. The molecule has 108 valence electrons. The van der Waals surface area contributed by atoms with E-state index in [1.54, 1.807) is 6.26 Å². The van der Waals surface area contributed by atoms with Gasteiger partial charge < -0.3 is 9.15 Å². The number of ether oxygens (including phenoxy) is 1. The van der Waals surface area contributed by atoms with E-state index in [9.17, 15) is 4.79 Å². The van der Waals surface area contributed by atoms with E-state index in [4.69, 9.17) is 9.15 Å². The lowest BCUT2D eigenvalue weighted by molar-refractivity contribution is 0.0543. The Bertz CT molecular complexity index is 780. The first-order chi connectivity index (χ1) is 9.94. The Morgan fingerprint density at radius 2 is 2.10 bits per heavy atom. The molecule has 5 heteroatoms. The SMILES string of the molecule is CC(C)(C)OC(=O)n1cnc2cc(-c3ccco3)ccc21. The highest BCUT2D eigenvalue weighted by molar-refractivity contribution is 5.88. The molecule has 3 aromatic rings. The van der Waals surface area contributed by atoms with Crippen molar-refractivity contribution in [3.05, 3.63) is 42.9 Å². The van der Waals surface area contributed by atoms with Crippen LogP contribution in [0.4, 0.5) is 4.79 Å². The van der Waals surface area contributed by atoms with Gasteiger partial charge in [-0.25, -0.2) is 14.3 Å². The fourth-order valence-electron chi connectivity index (χ4n) is 2.07. The van der Waals surface area contributed by atoms with Crippen molar-refractivity contribution in [1.82, 2.24) is 9.55 Å². The number of hydrogen-bond donors (Lipinski definition) is 0. The molecule has 1 aromatic carbocycles. The van der Waals surface area contributed by atoms with Crippen LogP contribution in [0.1, 0.15) is 20.8 Å². The van der Waals surface area contributed by atoms with Crippen molar-refractivity contribution in [1.29, 1.82) is 0 Å². The molecule has 0 fully saturated rings. The van der Waals surface area contributed by atoms with Crippen molar-refractivity contribution in [3.63, 3.8) is 0 Å². The fraction of sp³-hybridized carbons (Fsp3) is 0.250. The molecule has 0 spiro atoms. The summed E-state index contributed by atoms with van der Waals surface area (Å²) in [5.41, 5.74) is 1.80. The third-order valence-electron chi connectivity index (χ3n) is 2.94.